The largest absolute Gasteiger partial charge is 0.388 e. The Labute approximate surface area is 126 Å². The van der Waals surface area contributed by atoms with Gasteiger partial charge in [0.25, 0.3) is 0 Å². The minimum absolute atomic E-state index is 0.237. The van der Waals surface area contributed by atoms with Crippen LogP contribution in [-0.2, 0) is 0 Å². The summed E-state index contributed by atoms with van der Waals surface area (Å²) in [6, 6.07) is 6.37. The van der Waals surface area contributed by atoms with Crippen LogP contribution in [0.4, 0.5) is 5.69 Å². The van der Waals surface area contributed by atoms with E-state index in [1.165, 1.54) is 0 Å². The second-order valence-corrected chi connectivity index (χ2v) is 6.41. The first kappa shape index (κ1) is 15.6. The van der Waals surface area contributed by atoms with Gasteiger partial charge in [0.2, 0.25) is 0 Å². The Morgan fingerprint density at radius 2 is 2.05 bits per heavy atom. The van der Waals surface area contributed by atoms with Crippen molar-refractivity contribution in [1.82, 2.24) is 5.32 Å². The molecule has 1 atom stereocenters. The standard InChI is InChI=1S/C16H25ClN2O/c1-12(18-2)14-7-6-13(10-15(14)17)19(3)11-16(20)8-4-5-9-16/h6-7,10,12,18,20H,4-5,8-9,11H2,1-3H3. The lowest BCUT2D eigenvalue weighted by molar-refractivity contribution is 0.0559. The number of rotatable bonds is 5. The summed E-state index contributed by atoms with van der Waals surface area (Å²) < 4.78 is 0. The number of aliphatic hydroxyl groups is 1. The van der Waals surface area contributed by atoms with Crippen LogP contribution in [0.5, 0.6) is 0 Å². The van der Waals surface area contributed by atoms with Crippen molar-refractivity contribution in [1.29, 1.82) is 0 Å². The molecule has 1 aromatic carbocycles. The van der Waals surface area contributed by atoms with Crippen molar-refractivity contribution in [2.75, 3.05) is 25.5 Å². The maximum atomic E-state index is 10.5. The van der Waals surface area contributed by atoms with Gasteiger partial charge in [-0.15, -0.1) is 0 Å². The molecule has 0 aliphatic heterocycles. The molecule has 1 aromatic rings. The normalized spacial score (nSPS) is 19.1. The molecule has 3 nitrogen and oxygen atoms in total. The number of likely N-dealkylation sites (N-methyl/N-ethyl adjacent to an activating group) is 1. The van der Waals surface area contributed by atoms with Crippen LogP contribution in [0.2, 0.25) is 5.02 Å². The van der Waals surface area contributed by atoms with Gasteiger partial charge >= 0.3 is 0 Å². The Morgan fingerprint density at radius 3 is 2.60 bits per heavy atom. The fraction of sp³-hybridized carbons (Fsp3) is 0.625. The quantitative estimate of drug-likeness (QED) is 0.874. The average Bonchev–Trinajstić information content (AvgIpc) is 2.84. The fourth-order valence-electron chi connectivity index (χ4n) is 2.98. The third-order valence-electron chi connectivity index (χ3n) is 4.39. The lowest BCUT2D eigenvalue weighted by Gasteiger charge is -2.30. The van der Waals surface area contributed by atoms with Crippen LogP contribution in [0.1, 0.15) is 44.2 Å². The molecule has 1 aliphatic rings. The first-order chi connectivity index (χ1) is 9.45. The number of hydrogen-bond acceptors (Lipinski definition) is 3. The molecule has 2 rings (SSSR count). The van der Waals surface area contributed by atoms with E-state index in [1.54, 1.807) is 0 Å². The third-order valence-corrected chi connectivity index (χ3v) is 4.72. The van der Waals surface area contributed by atoms with Crippen LogP contribution >= 0.6 is 11.6 Å². The van der Waals surface area contributed by atoms with Crippen LogP contribution in [0.25, 0.3) is 0 Å². The van der Waals surface area contributed by atoms with Crippen LogP contribution < -0.4 is 10.2 Å². The molecule has 112 valence electrons. The summed E-state index contributed by atoms with van der Waals surface area (Å²) in [7, 11) is 3.94. The van der Waals surface area contributed by atoms with Crippen molar-refractivity contribution in [3.05, 3.63) is 28.8 Å². The van der Waals surface area contributed by atoms with E-state index >= 15 is 0 Å². The van der Waals surface area contributed by atoms with Crippen LogP contribution in [0.15, 0.2) is 18.2 Å². The van der Waals surface area contributed by atoms with Gasteiger partial charge in [0, 0.05) is 30.3 Å². The second-order valence-electron chi connectivity index (χ2n) is 6.00. The number of halogens is 1. The molecular formula is C16H25ClN2O. The summed E-state index contributed by atoms with van der Waals surface area (Å²) >= 11 is 6.37. The highest BCUT2D eigenvalue weighted by atomic mass is 35.5. The minimum Gasteiger partial charge on any atom is -0.388 e. The van der Waals surface area contributed by atoms with Gasteiger partial charge in [-0.1, -0.05) is 30.5 Å². The van der Waals surface area contributed by atoms with Gasteiger partial charge < -0.3 is 15.3 Å². The molecule has 1 unspecified atom stereocenters. The zero-order valence-electron chi connectivity index (χ0n) is 12.6. The Hall–Kier alpha value is -0.770. The van der Waals surface area contributed by atoms with Gasteiger partial charge in [-0.2, -0.15) is 0 Å². The molecule has 0 bridgehead atoms. The summed E-state index contributed by atoms with van der Waals surface area (Å²) in [5, 5.41) is 14.5. The van der Waals surface area contributed by atoms with Crippen molar-refractivity contribution in [3.63, 3.8) is 0 Å². The molecule has 0 spiro atoms. The van der Waals surface area contributed by atoms with E-state index < -0.39 is 5.60 Å². The van der Waals surface area contributed by atoms with E-state index in [-0.39, 0.29) is 6.04 Å². The van der Waals surface area contributed by atoms with Crippen LogP contribution in [-0.4, -0.2) is 31.3 Å². The van der Waals surface area contributed by atoms with Gasteiger partial charge in [0.05, 0.1) is 5.60 Å². The molecule has 4 heteroatoms. The number of nitrogens with one attached hydrogen (secondary N) is 1. The van der Waals surface area contributed by atoms with Gasteiger partial charge in [-0.05, 0) is 44.5 Å². The van der Waals surface area contributed by atoms with E-state index in [2.05, 4.69) is 29.3 Å². The minimum atomic E-state index is -0.530. The van der Waals surface area contributed by atoms with E-state index in [1.807, 2.05) is 20.2 Å². The van der Waals surface area contributed by atoms with Crippen molar-refractivity contribution in [2.45, 2.75) is 44.2 Å². The van der Waals surface area contributed by atoms with Gasteiger partial charge in [0.1, 0.15) is 0 Å². The zero-order valence-corrected chi connectivity index (χ0v) is 13.4. The van der Waals surface area contributed by atoms with E-state index in [0.717, 1.165) is 42.0 Å². The van der Waals surface area contributed by atoms with Gasteiger partial charge in [0.15, 0.2) is 0 Å². The Balaban J connectivity index is 2.10. The Bertz CT molecular complexity index is 458. The molecular weight excluding hydrogens is 272 g/mol. The zero-order chi connectivity index (χ0) is 14.8. The maximum absolute atomic E-state index is 10.5. The van der Waals surface area contributed by atoms with Gasteiger partial charge in [-0.25, -0.2) is 0 Å². The highest BCUT2D eigenvalue weighted by Gasteiger charge is 2.32. The molecule has 0 heterocycles. The smallest absolute Gasteiger partial charge is 0.0821 e. The van der Waals surface area contributed by atoms with Crippen LogP contribution in [0, 0.1) is 0 Å². The highest BCUT2D eigenvalue weighted by molar-refractivity contribution is 6.31. The molecule has 1 aliphatic carbocycles. The second kappa shape index (κ2) is 6.33. The summed E-state index contributed by atoms with van der Waals surface area (Å²) in [5.74, 6) is 0. The fourth-order valence-corrected chi connectivity index (χ4v) is 3.32. The third kappa shape index (κ3) is 3.46. The molecule has 0 amide bonds. The van der Waals surface area contributed by atoms with Crippen molar-refractivity contribution >= 4 is 17.3 Å². The molecule has 0 saturated heterocycles. The SMILES string of the molecule is CNC(C)c1ccc(N(C)CC2(O)CCCC2)cc1Cl. The van der Waals surface area contributed by atoms with Crippen molar-refractivity contribution in [3.8, 4) is 0 Å². The number of hydrogen-bond donors (Lipinski definition) is 2. The molecule has 0 aromatic heterocycles. The maximum Gasteiger partial charge on any atom is 0.0821 e. The molecule has 2 N–H and O–H groups in total. The lowest BCUT2D eigenvalue weighted by atomic mass is 10.0. The number of benzene rings is 1. The van der Waals surface area contributed by atoms with Crippen molar-refractivity contribution in [2.24, 2.45) is 0 Å². The number of anilines is 1. The Morgan fingerprint density at radius 1 is 1.40 bits per heavy atom. The monoisotopic (exact) mass is 296 g/mol. The highest BCUT2D eigenvalue weighted by Crippen LogP contribution is 2.32. The summed E-state index contributed by atoms with van der Waals surface area (Å²) in [4.78, 5) is 2.10. The first-order valence-electron chi connectivity index (χ1n) is 7.35. The molecule has 1 saturated carbocycles. The van der Waals surface area contributed by atoms with E-state index in [4.69, 9.17) is 11.6 Å². The molecule has 0 radical (unpaired) electrons. The number of nitrogens with zero attached hydrogens (tertiary/aromatic N) is 1. The molecule has 20 heavy (non-hydrogen) atoms. The summed E-state index contributed by atoms with van der Waals surface area (Å²) in [5.41, 5.74) is 1.63. The summed E-state index contributed by atoms with van der Waals surface area (Å²) in [6.45, 7) is 2.76. The lowest BCUT2D eigenvalue weighted by Crippen LogP contribution is -2.39. The van der Waals surface area contributed by atoms with Gasteiger partial charge in [-0.3, -0.25) is 0 Å². The predicted molar refractivity (Wildman–Crippen MR) is 85.6 cm³/mol. The summed E-state index contributed by atoms with van der Waals surface area (Å²) in [6.07, 6.45) is 4.06. The van der Waals surface area contributed by atoms with E-state index in [9.17, 15) is 5.11 Å². The first-order valence-corrected chi connectivity index (χ1v) is 7.73. The van der Waals surface area contributed by atoms with E-state index in [0.29, 0.717) is 6.54 Å². The van der Waals surface area contributed by atoms with Crippen molar-refractivity contribution < 1.29 is 5.11 Å². The topological polar surface area (TPSA) is 35.5 Å². The molecule has 1 fully saturated rings. The predicted octanol–water partition coefficient (Wildman–Crippen LogP) is 3.36. The van der Waals surface area contributed by atoms with Crippen LogP contribution in [0.3, 0.4) is 0 Å². The Kier molecular flexibility index (Phi) is 4.95. The average molecular weight is 297 g/mol.